The van der Waals surface area contributed by atoms with E-state index in [4.69, 9.17) is 16.0 Å². The van der Waals surface area contributed by atoms with Gasteiger partial charge < -0.3 is 4.42 Å². The van der Waals surface area contributed by atoms with E-state index in [0.717, 1.165) is 17.6 Å². The number of para-hydroxylation sites is 1. The van der Waals surface area contributed by atoms with E-state index in [1.165, 1.54) is 6.07 Å². The van der Waals surface area contributed by atoms with Crippen molar-refractivity contribution in [2.24, 2.45) is 5.92 Å². The molecule has 0 spiro atoms. The average molecular weight is 227 g/mol. The molecule has 80 valence electrons. The molecule has 0 amide bonds. The van der Waals surface area contributed by atoms with E-state index in [1.807, 2.05) is 19.1 Å². The molecular weight excluding hydrogens is 215 g/mol. The summed E-state index contributed by atoms with van der Waals surface area (Å²) in [5.74, 6) is 1.41. The van der Waals surface area contributed by atoms with Gasteiger partial charge in [0.2, 0.25) is 0 Å². The minimum atomic E-state index is -0.308. The number of benzene rings is 1. The predicted molar refractivity (Wildman–Crippen MR) is 59.8 cm³/mol. The van der Waals surface area contributed by atoms with Crippen molar-refractivity contribution in [3.63, 3.8) is 0 Å². The van der Waals surface area contributed by atoms with Crippen LogP contribution in [0.25, 0.3) is 11.0 Å². The van der Waals surface area contributed by atoms with Crippen molar-refractivity contribution in [3.8, 4) is 0 Å². The van der Waals surface area contributed by atoms with Crippen molar-refractivity contribution in [3.05, 3.63) is 35.8 Å². The van der Waals surface area contributed by atoms with Crippen molar-refractivity contribution >= 4 is 22.6 Å². The molecule has 1 atom stereocenters. The Labute approximate surface area is 92.8 Å². The molecule has 0 radical (unpaired) electrons. The fourth-order valence-corrected chi connectivity index (χ4v) is 1.69. The quantitative estimate of drug-likeness (QED) is 0.722. The summed E-state index contributed by atoms with van der Waals surface area (Å²) in [5, 5.41) is 0.812. The van der Waals surface area contributed by atoms with Crippen LogP contribution in [-0.4, -0.2) is 5.88 Å². The van der Waals surface area contributed by atoms with E-state index in [9.17, 15) is 4.39 Å². The zero-order chi connectivity index (χ0) is 10.8. The lowest BCUT2D eigenvalue weighted by molar-refractivity contribution is 0.486. The predicted octanol–water partition coefficient (Wildman–Crippen LogP) is 3.99. The maximum atomic E-state index is 13.3. The molecule has 0 saturated heterocycles. The Bertz CT molecular complexity index is 464. The van der Waals surface area contributed by atoms with Gasteiger partial charge in [-0.3, -0.25) is 0 Å². The summed E-state index contributed by atoms with van der Waals surface area (Å²) >= 11 is 5.72. The van der Waals surface area contributed by atoms with Crippen LogP contribution in [0.15, 0.2) is 28.7 Å². The topological polar surface area (TPSA) is 13.1 Å². The van der Waals surface area contributed by atoms with E-state index < -0.39 is 0 Å². The number of alkyl halides is 1. The SMILES string of the molecule is CC(CCl)Cc1cc2cccc(F)c2o1. The van der Waals surface area contributed by atoms with Crippen molar-refractivity contribution in [1.82, 2.24) is 0 Å². The molecule has 0 bridgehead atoms. The molecule has 2 rings (SSSR count). The lowest BCUT2D eigenvalue weighted by Crippen LogP contribution is -1.99. The van der Waals surface area contributed by atoms with Crippen LogP contribution in [-0.2, 0) is 6.42 Å². The minimum Gasteiger partial charge on any atom is -0.458 e. The molecule has 0 saturated carbocycles. The Morgan fingerprint density at radius 3 is 2.93 bits per heavy atom. The number of fused-ring (bicyclic) bond motifs is 1. The van der Waals surface area contributed by atoms with Crippen LogP contribution >= 0.6 is 11.6 Å². The van der Waals surface area contributed by atoms with Crippen LogP contribution in [0.2, 0.25) is 0 Å². The van der Waals surface area contributed by atoms with Gasteiger partial charge in [0.25, 0.3) is 0 Å². The molecule has 2 aromatic rings. The number of hydrogen-bond donors (Lipinski definition) is 0. The highest BCUT2D eigenvalue weighted by molar-refractivity contribution is 6.18. The van der Waals surface area contributed by atoms with Gasteiger partial charge in [-0.15, -0.1) is 11.6 Å². The number of hydrogen-bond acceptors (Lipinski definition) is 1. The Morgan fingerprint density at radius 1 is 1.47 bits per heavy atom. The third-order valence-electron chi connectivity index (χ3n) is 2.36. The largest absolute Gasteiger partial charge is 0.458 e. The highest BCUT2D eigenvalue weighted by Crippen LogP contribution is 2.23. The summed E-state index contributed by atoms with van der Waals surface area (Å²) in [6.07, 6.45) is 0.748. The Kier molecular flexibility index (Phi) is 2.96. The molecule has 3 heteroatoms. The molecule has 1 heterocycles. The summed E-state index contributed by atoms with van der Waals surface area (Å²) in [6, 6.07) is 6.81. The van der Waals surface area contributed by atoms with Gasteiger partial charge in [-0.05, 0) is 18.1 Å². The summed E-state index contributed by atoms with van der Waals surface area (Å²) in [5.41, 5.74) is 0.342. The molecule has 1 aromatic heterocycles. The number of furan rings is 1. The van der Waals surface area contributed by atoms with Crippen molar-refractivity contribution in [2.75, 3.05) is 5.88 Å². The second-order valence-corrected chi connectivity index (χ2v) is 4.14. The number of rotatable bonds is 3. The average Bonchev–Trinajstić information content (AvgIpc) is 2.62. The third kappa shape index (κ3) is 2.15. The molecule has 0 fully saturated rings. The van der Waals surface area contributed by atoms with E-state index in [2.05, 4.69) is 0 Å². The van der Waals surface area contributed by atoms with Crippen LogP contribution in [0, 0.1) is 11.7 Å². The highest BCUT2D eigenvalue weighted by Gasteiger charge is 2.10. The second-order valence-electron chi connectivity index (χ2n) is 3.83. The van der Waals surface area contributed by atoms with Gasteiger partial charge in [0.15, 0.2) is 11.4 Å². The van der Waals surface area contributed by atoms with Gasteiger partial charge in [-0.1, -0.05) is 19.1 Å². The fraction of sp³-hybridized carbons (Fsp3) is 0.333. The Hall–Kier alpha value is -1.02. The zero-order valence-corrected chi connectivity index (χ0v) is 9.22. The van der Waals surface area contributed by atoms with Gasteiger partial charge in [-0.2, -0.15) is 0 Å². The monoisotopic (exact) mass is 226 g/mol. The van der Waals surface area contributed by atoms with Crippen molar-refractivity contribution < 1.29 is 8.81 Å². The maximum Gasteiger partial charge on any atom is 0.169 e. The number of halogens is 2. The molecule has 1 unspecified atom stereocenters. The van der Waals surface area contributed by atoms with Crippen LogP contribution in [0.1, 0.15) is 12.7 Å². The highest BCUT2D eigenvalue weighted by atomic mass is 35.5. The molecule has 1 nitrogen and oxygen atoms in total. The molecular formula is C12H12ClFO. The molecule has 1 aromatic carbocycles. The molecule has 0 aliphatic heterocycles. The smallest absolute Gasteiger partial charge is 0.169 e. The maximum absolute atomic E-state index is 13.3. The lowest BCUT2D eigenvalue weighted by atomic mass is 10.1. The van der Waals surface area contributed by atoms with Gasteiger partial charge in [-0.25, -0.2) is 4.39 Å². The Balaban J connectivity index is 2.35. The first-order valence-corrected chi connectivity index (χ1v) is 5.47. The van der Waals surface area contributed by atoms with Gasteiger partial charge in [0, 0.05) is 17.7 Å². The van der Waals surface area contributed by atoms with E-state index in [1.54, 1.807) is 6.07 Å². The Morgan fingerprint density at radius 2 is 2.27 bits per heavy atom. The molecule has 0 aliphatic carbocycles. The minimum absolute atomic E-state index is 0.308. The van der Waals surface area contributed by atoms with Gasteiger partial charge in [0.05, 0.1) is 0 Å². The standard InChI is InChI=1S/C12H12ClFO/c1-8(7-13)5-10-6-9-3-2-4-11(14)12(9)15-10/h2-4,6,8H,5,7H2,1H3. The van der Waals surface area contributed by atoms with E-state index >= 15 is 0 Å². The van der Waals surface area contributed by atoms with Gasteiger partial charge >= 0.3 is 0 Å². The molecule has 15 heavy (non-hydrogen) atoms. The van der Waals surface area contributed by atoms with Crippen LogP contribution in [0.5, 0.6) is 0 Å². The summed E-state index contributed by atoms with van der Waals surface area (Å²) < 4.78 is 18.7. The first-order chi connectivity index (χ1) is 7.20. The fourth-order valence-electron chi connectivity index (χ4n) is 1.58. The third-order valence-corrected chi connectivity index (χ3v) is 2.89. The van der Waals surface area contributed by atoms with Crippen molar-refractivity contribution in [2.45, 2.75) is 13.3 Å². The molecule has 0 aliphatic rings. The first kappa shape index (κ1) is 10.5. The second kappa shape index (κ2) is 4.23. The van der Waals surface area contributed by atoms with Crippen LogP contribution in [0.4, 0.5) is 4.39 Å². The van der Waals surface area contributed by atoms with Crippen LogP contribution in [0.3, 0.4) is 0 Å². The van der Waals surface area contributed by atoms with Crippen LogP contribution < -0.4 is 0 Å². The first-order valence-electron chi connectivity index (χ1n) is 4.93. The lowest BCUT2D eigenvalue weighted by Gasteiger charge is -2.02. The van der Waals surface area contributed by atoms with E-state index in [-0.39, 0.29) is 5.82 Å². The van der Waals surface area contributed by atoms with Crippen molar-refractivity contribution in [1.29, 1.82) is 0 Å². The van der Waals surface area contributed by atoms with E-state index in [0.29, 0.717) is 17.4 Å². The van der Waals surface area contributed by atoms with Gasteiger partial charge in [0.1, 0.15) is 5.76 Å². The normalized spacial score (nSPS) is 13.3. The zero-order valence-electron chi connectivity index (χ0n) is 8.47. The summed E-state index contributed by atoms with van der Waals surface area (Å²) in [7, 11) is 0. The summed E-state index contributed by atoms with van der Waals surface area (Å²) in [4.78, 5) is 0. The molecule has 0 N–H and O–H groups in total. The summed E-state index contributed by atoms with van der Waals surface area (Å²) in [6.45, 7) is 2.04.